The van der Waals surface area contributed by atoms with Crippen LogP contribution in [0.25, 0.3) is 0 Å². The number of nitrogens with one attached hydrogen (secondary N) is 1. The molecule has 2 aromatic rings. The molecule has 0 spiro atoms. The lowest BCUT2D eigenvalue weighted by atomic mass is 10.1. The van der Waals surface area contributed by atoms with Crippen molar-refractivity contribution in [3.63, 3.8) is 0 Å². The standard InChI is InChI=1S/C17H14F3N3O2S/c1-9-5-10(7-25-2)11(6-21)17(22-9)26-8-14(24)23-13-4-3-12(18)15(19)16(13)20/h3-5H,7-8H2,1-2H3,(H,23,24). The van der Waals surface area contributed by atoms with E-state index in [-0.39, 0.29) is 17.9 Å². The van der Waals surface area contributed by atoms with E-state index in [9.17, 15) is 23.2 Å². The predicted octanol–water partition coefficient (Wildman–Crippen LogP) is 3.56. The quantitative estimate of drug-likeness (QED) is 0.612. The summed E-state index contributed by atoms with van der Waals surface area (Å²) in [6, 6.07) is 5.38. The van der Waals surface area contributed by atoms with Crippen molar-refractivity contribution in [1.82, 2.24) is 4.98 Å². The number of carbonyl (C=O) groups excluding carboxylic acids is 1. The van der Waals surface area contributed by atoms with Gasteiger partial charge in [0, 0.05) is 12.8 Å². The Morgan fingerprint density at radius 2 is 2.08 bits per heavy atom. The highest BCUT2D eigenvalue weighted by Gasteiger charge is 2.17. The lowest BCUT2D eigenvalue weighted by Gasteiger charge is -2.10. The second-order valence-corrected chi connectivity index (χ2v) is 6.17. The van der Waals surface area contributed by atoms with Crippen LogP contribution in [0.15, 0.2) is 23.2 Å². The zero-order valence-electron chi connectivity index (χ0n) is 13.9. The van der Waals surface area contributed by atoms with E-state index >= 15 is 0 Å². The summed E-state index contributed by atoms with van der Waals surface area (Å²) in [5.74, 6) is -5.33. The van der Waals surface area contributed by atoms with Gasteiger partial charge in [0.25, 0.3) is 0 Å². The van der Waals surface area contributed by atoms with E-state index in [0.29, 0.717) is 22.3 Å². The third-order valence-corrected chi connectivity index (χ3v) is 4.23. The molecule has 1 N–H and O–H groups in total. The van der Waals surface area contributed by atoms with E-state index in [1.54, 1.807) is 13.0 Å². The van der Waals surface area contributed by atoms with E-state index in [2.05, 4.69) is 10.3 Å². The molecule has 0 unspecified atom stereocenters. The Hall–Kier alpha value is -2.57. The summed E-state index contributed by atoms with van der Waals surface area (Å²) >= 11 is 0.975. The van der Waals surface area contributed by atoms with Crippen LogP contribution in [0.1, 0.15) is 16.8 Å². The minimum Gasteiger partial charge on any atom is -0.380 e. The number of nitrogens with zero attached hydrogens (tertiary/aromatic N) is 2. The monoisotopic (exact) mass is 381 g/mol. The maximum Gasteiger partial charge on any atom is 0.234 e. The average Bonchev–Trinajstić information content (AvgIpc) is 2.60. The molecule has 136 valence electrons. The van der Waals surface area contributed by atoms with Crippen LogP contribution in [0.4, 0.5) is 18.9 Å². The molecule has 1 amide bonds. The van der Waals surface area contributed by atoms with Gasteiger partial charge in [0.15, 0.2) is 17.5 Å². The summed E-state index contributed by atoms with van der Waals surface area (Å²) in [5.41, 5.74) is 1.10. The van der Waals surface area contributed by atoms with Crippen LogP contribution in [0.5, 0.6) is 0 Å². The number of thioether (sulfide) groups is 1. The van der Waals surface area contributed by atoms with Gasteiger partial charge in [0.05, 0.1) is 23.6 Å². The fraction of sp³-hybridized carbons (Fsp3) is 0.235. The van der Waals surface area contributed by atoms with Crippen molar-refractivity contribution >= 4 is 23.4 Å². The fourth-order valence-corrected chi connectivity index (χ4v) is 3.02. The smallest absolute Gasteiger partial charge is 0.234 e. The van der Waals surface area contributed by atoms with Crippen molar-refractivity contribution in [1.29, 1.82) is 5.26 Å². The van der Waals surface area contributed by atoms with E-state index in [1.165, 1.54) is 7.11 Å². The van der Waals surface area contributed by atoms with Crippen molar-refractivity contribution in [2.24, 2.45) is 0 Å². The molecule has 1 aromatic heterocycles. The number of aryl methyl sites for hydroxylation is 1. The van der Waals surface area contributed by atoms with Gasteiger partial charge in [-0.1, -0.05) is 11.8 Å². The van der Waals surface area contributed by atoms with Gasteiger partial charge in [0.1, 0.15) is 11.1 Å². The third kappa shape index (κ3) is 4.53. The maximum atomic E-state index is 13.6. The predicted molar refractivity (Wildman–Crippen MR) is 90.1 cm³/mol. The van der Waals surface area contributed by atoms with E-state index < -0.39 is 29.0 Å². The molecular weight excluding hydrogens is 367 g/mol. The first kappa shape index (κ1) is 19.8. The van der Waals surface area contributed by atoms with E-state index in [1.807, 2.05) is 6.07 Å². The molecule has 0 fully saturated rings. The number of nitriles is 1. The van der Waals surface area contributed by atoms with Gasteiger partial charge in [-0.15, -0.1) is 0 Å². The number of aromatic nitrogens is 1. The number of carbonyl (C=O) groups is 1. The highest BCUT2D eigenvalue weighted by molar-refractivity contribution is 8.00. The molecule has 0 saturated heterocycles. The Kier molecular flexibility index (Phi) is 6.60. The molecule has 0 saturated carbocycles. The van der Waals surface area contributed by atoms with Gasteiger partial charge < -0.3 is 10.1 Å². The first-order valence-corrected chi connectivity index (χ1v) is 8.31. The molecule has 9 heteroatoms. The average molecular weight is 381 g/mol. The lowest BCUT2D eigenvalue weighted by molar-refractivity contribution is -0.113. The van der Waals surface area contributed by atoms with Crippen molar-refractivity contribution in [3.05, 3.63) is 52.5 Å². The first-order valence-electron chi connectivity index (χ1n) is 7.33. The summed E-state index contributed by atoms with van der Waals surface area (Å²) in [7, 11) is 1.49. The number of pyridine rings is 1. The van der Waals surface area contributed by atoms with Crippen LogP contribution in [0, 0.1) is 35.7 Å². The zero-order valence-corrected chi connectivity index (χ0v) is 14.7. The van der Waals surface area contributed by atoms with Gasteiger partial charge in [-0.2, -0.15) is 5.26 Å². The fourth-order valence-electron chi connectivity index (χ4n) is 2.15. The highest BCUT2D eigenvalue weighted by atomic mass is 32.2. The number of halogens is 3. The highest BCUT2D eigenvalue weighted by Crippen LogP contribution is 2.25. The van der Waals surface area contributed by atoms with Gasteiger partial charge in [0.2, 0.25) is 5.91 Å². The minimum atomic E-state index is -1.66. The number of benzene rings is 1. The Bertz CT molecular complexity index is 885. The van der Waals surface area contributed by atoms with Crippen LogP contribution < -0.4 is 5.32 Å². The van der Waals surface area contributed by atoms with Gasteiger partial charge in [-0.3, -0.25) is 4.79 Å². The van der Waals surface area contributed by atoms with Gasteiger partial charge in [-0.05, 0) is 30.7 Å². The molecule has 2 rings (SSSR count). The van der Waals surface area contributed by atoms with Gasteiger partial charge >= 0.3 is 0 Å². The largest absolute Gasteiger partial charge is 0.380 e. The lowest BCUT2D eigenvalue weighted by Crippen LogP contribution is -2.16. The number of ether oxygens (including phenoxy) is 1. The van der Waals surface area contributed by atoms with Gasteiger partial charge in [-0.25, -0.2) is 18.2 Å². The van der Waals surface area contributed by atoms with Crippen molar-refractivity contribution in [2.45, 2.75) is 18.6 Å². The molecule has 1 aromatic carbocycles. The molecule has 0 atom stereocenters. The van der Waals surface area contributed by atoms with Crippen LogP contribution in [-0.4, -0.2) is 23.8 Å². The Morgan fingerprint density at radius 1 is 1.35 bits per heavy atom. The molecule has 26 heavy (non-hydrogen) atoms. The molecule has 1 heterocycles. The van der Waals surface area contributed by atoms with Crippen molar-refractivity contribution < 1.29 is 22.7 Å². The third-order valence-electron chi connectivity index (χ3n) is 3.26. The number of amides is 1. The minimum absolute atomic E-state index is 0.198. The number of hydrogen-bond donors (Lipinski definition) is 1. The van der Waals surface area contributed by atoms with Crippen molar-refractivity contribution in [3.8, 4) is 6.07 Å². The van der Waals surface area contributed by atoms with Crippen molar-refractivity contribution in [2.75, 3.05) is 18.2 Å². The number of rotatable bonds is 6. The topological polar surface area (TPSA) is 75.0 Å². The number of anilines is 1. The molecule has 0 aliphatic rings. The summed E-state index contributed by atoms with van der Waals surface area (Å²) in [5, 5.41) is 11.8. The number of hydrogen-bond acceptors (Lipinski definition) is 5. The van der Waals surface area contributed by atoms with E-state index in [4.69, 9.17) is 4.74 Å². The number of methoxy groups -OCH3 is 1. The van der Waals surface area contributed by atoms with Crippen LogP contribution in [-0.2, 0) is 16.1 Å². The maximum absolute atomic E-state index is 13.6. The zero-order chi connectivity index (χ0) is 19.3. The molecule has 0 bridgehead atoms. The van der Waals surface area contributed by atoms with Crippen LogP contribution >= 0.6 is 11.8 Å². The molecule has 0 aliphatic carbocycles. The normalized spacial score (nSPS) is 10.5. The molecular formula is C17H14F3N3O2S. The molecule has 5 nitrogen and oxygen atoms in total. The Morgan fingerprint density at radius 3 is 2.73 bits per heavy atom. The second-order valence-electron chi connectivity index (χ2n) is 5.21. The SMILES string of the molecule is COCc1cc(C)nc(SCC(=O)Nc2ccc(F)c(F)c2F)c1C#N. The summed E-state index contributed by atoms with van der Waals surface area (Å²) in [6.07, 6.45) is 0. The molecule has 0 aliphatic heterocycles. The summed E-state index contributed by atoms with van der Waals surface area (Å²) < 4.78 is 44.7. The van der Waals surface area contributed by atoms with Crippen LogP contribution in [0.3, 0.4) is 0 Å². The first-order chi connectivity index (χ1) is 12.4. The molecule has 0 radical (unpaired) electrons. The Balaban J connectivity index is 2.13. The summed E-state index contributed by atoms with van der Waals surface area (Å²) in [6.45, 7) is 1.95. The van der Waals surface area contributed by atoms with Crippen LogP contribution in [0.2, 0.25) is 0 Å². The van der Waals surface area contributed by atoms with E-state index in [0.717, 1.165) is 17.8 Å². The second kappa shape index (κ2) is 8.69. The Labute approximate surface area is 152 Å². The summed E-state index contributed by atoms with van der Waals surface area (Å²) in [4.78, 5) is 16.2.